The number of amides is 4. The Hall–Kier alpha value is -4.67. The van der Waals surface area contributed by atoms with E-state index < -0.39 is 42.8 Å². The predicted molar refractivity (Wildman–Crippen MR) is 204 cm³/mol. The molecule has 0 unspecified atom stereocenters. The number of urea groups is 1. The van der Waals surface area contributed by atoms with Crippen LogP contribution in [0.3, 0.4) is 0 Å². The topological polar surface area (TPSA) is 252 Å². The van der Waals surface area contributed by atoms with Crippen LogP contribution in [0.25, 0.3) is 22.3 Å². The number of likely N-dealkylation sites (tertiary alicyclic amines) is 2. The van der Waals surface area contributed by atoms with Crippen molar-refractivity contribution in [2.45, 2.75) is 94.9 Å². The standard InChI is InChI=1S/C34H44Cl2N14O7/c1-3-37-29(53)18-5-6-19(56-18)49-14-39-20-26(44-32(35)45-27(20)49)42-17-9-12-48(13-17)34(55)47-10-7-16(8-11-47)41-25-21-28(46-33(36)43-25)50(15-40-21)31-23(52)22(51)24(57-31)30(54)38-4-2/h14-19,22-24,31,51-52H,3-13H2,1-2H3,(H,37,53)(H,38,54)(H,41,43,46)(H,42,44,45)/t17-,18+,19-,22+,23-,24+,31-/m1/s1. The molecule has 7 atom stereocenters. The van der Waals surface area contributed by atoms with Crippen molar-refractivity contribution in [1.82, 2.24) is 59.5 Å². The summed E-state index contributed by atoms with van der Waals surface area (Å²) in [5, 5.41) is 33.5. The lowest BCUT2D eigenvalue weighted by Crippen LogP contribution is -2.48. The van der Waals surface area contributed by atoms with Gasteiger partial charge in [-0.15, -0.1) is 0 Å². The zero-order valence-electron chi connectivity index (χ0n) is 31.2. The highest BCUT2D eigenvalue weighted by Crippen LogP contribution is 2.35. The first-order valence-corrected chi connectivity index (χ1v) is 19.9. The third-order valence-electron chi connectivity index (χ3n) is 10.8. The van der Waals surface area contributed by atoms with E-state index in [2.05, 4.69) is 51.2 Å². The van der Waals surface area contributed by atoms with Crippen LogP contribution in [0.15, 0.2) is 12.7 Å². The van der Waals surface area contributed by atoms with E-state index in [-0.39, 0.29) is 40.2 Å². The third-order valence-corrected chi connectivity index (χ3v) is 11.1. The second-order valence-corrected chi connectivity index (χ2v) is 15.1. The monoisotopic (exact) mass is 830 g/mol. The average molecular weight is 832 g/mol. The number of hydrogen-bond donors (Lipinski definition) is 6. The van der Waals surface area contributed by atoms with Crippen molar-refractivity contribution in [2.24, 2.45) is 0 Å². The summed E-state index contributed by atoms with van der Waals surface area (Å²) >= 11 is 12.7. The summed E-state index contributed by atoms with van der Waals surface area (Å²) in [5.41, 5.74) is 1.63. The van der Waals surface area contributed by atoms with Gasteiger partial charge in [0.05, 0.1) is 12.7 Å². The molecule has 23 heteroatoms. The maximum absolute atomic E-state index is 13.7. The molecule has 4 saturated heterocycles. The molecular weight excluding hydrogens is 787 g/mol. The van der Waals surface area contributed by atoms with E-state index in [1.165, 1.54) is 10.9 Å². The minimum absolute atomic E-state index is 0.0404. The van der Waals surface area contributed by atoms with Gasteiger partial charge in [-0.3, -0.25) is 18.7 Å². The van der Waals surface area contributed by atoms with E-state index in [0.29, 0.717) is 99.7 Å². The quantitative estimate of drug-likeness (QED) is 0.122. The summed E-state index contributed by atoms with van der Waals surface area (Å²) in [6.45, 7) is 6.49. The number of carbonyl (C=O) groups excluding carboxylic acids is 3. The smallest absolute Gasteiger partial charge is 0.320 e. The van der Waals surface area contributed by atoms with E-state index >= 15 is 0 Å². The van der Waals surface area contributed by atoms with E-state index in [1.807, 2.05) is 16.7 Å². The average Bonchev–Trinajstić information content (AvgIpc) is 4.04. The maximum Gasteiger partial charge on any atom is 0.320 e. The molecule has 6 N–H and O–H groups in total. The van der Waals surface area contributed by atoms with E-state index in [0.717, 1.165) is 0 Å². The molecule has 4 aliphatic rings. The summed E-state index contributed by atoms with van der Waals surface area (Å²) in [7, 11) is 0. The van der Waals surface area contributed by atoms with Gasteiger partial charge in [-0.25, -0.2) is 14.8 Å². The summed E-state index contributed by atoms with van der Waals surface area (Å²) in [6, 6.07) is -0.208. The minimum Gasteiger partial charge on any atom is -0.387 e. The van der Waals surface area contributed by atoms with Gasteiger partial charge < -0.3 is 50.8 Å². The lowest BCUT2D eigenvalue weighted by atomic mass is 10.1. The lowest BCUT2D eigenvalue weighted by Gasteiger charge is -2.35. The number of nitrogens with zero attached hydrogens (tertiary/aromatic N) is 10. The third kappa shape index (κ3) is 7.70. The number of likely N-dealkylation sites (N-methyl/N-ethyl adjacent to an activating group) is 2. The van der Waals surface area contributed by atoms with Crippen LogP contribution in [-0.4, -0.2) is 153 Å². The zero-order valence-corrected chi connectivity index (χ0v) is 32.7. The summed E-state index contributed by atoms with van der Waals surface area (Å²) in [4.78, 5) is 68.6. The van der Waals surface area contributed by atoms with E-state index in [1.54, 1.807) is 17.8 Å². The Kier molecular flexibility index (Phi) is 11.2. The van der Waals surface area contributed by atoms with Gasteiger partial charge in [-0.2, -0.15) is 19.9 Å². The molecule has 4 aromatic heterocycles. The van der Waals surface area contributed by atoms with E-state index in [4.69, 9.17) is 32.7 Å². The van der Waals surface area contributed by atoms with Crippen LogP contribution in [0.2, 0.25) is 10.6 Å². The number of fused-ring (bicyclic) bond motifs is 2. The molecule has 8 heterocycles. The first-order chi connectivity index (χ1) is 27.5. The number of aliphatic hydroxyl groups is 2. The number of piperidine rings is 1. The number of hydrogen-bond acceptors (Lipinski definition) is 15. The highest BCUT2D eigenvalue weighted by molar-refractivity contribution is 6.29. The van der Waals surface area contributed by atoms with Crippen molar-refractivity contribution in [3.63, 3.8) is 0 Å². The van der Waals surface area contributed by atoms with Crippen LogP contribution in [0, 0.1) is 0 Å². The summed E-state index contributed by atoms with van der Waals surface area (Å²) < 4.78 is 15.0. The Morgan fingerprint density at radius 3 is 1.98 bits per heavy atom. The molecule has 0 radical (unpaired) electrons. The molecule has 0 aromatic carbocycles. The van der Waals surface area contributed by atoms with Crippen LogP contribution in [-0.2, 0) is 19.1 Å². The zero-order chi connectivity index (χ0) is 40.0. The summed E-state index contributed by atoms with van der Waals surface area (Å²) in [6.07, 6.45) is -0.108. The Morgan fingerprint density at radius 1 is 0.737 bits per heavy atom. The second kappa shape index (κ2) is 16.3. The second-order valence-electron chi connectivity index (χ2n) is 14.5. The van der Waals surface area contributed by atoms with Crippen molar-refractivity contribution < 1.29 is 34.1 Å². The Labute approximate surface area is 335 Å². The Morgan fingerprint density at radius 2 is 1.32 bits per heavy atom. The van der Waals surface area contributed by atoms with Gasteiger partial charge in [0, 0.05) is 51.4 Å². The minimum atomic E-state index is -1.46. The van der Waals surface area contributed by atoms with Gasteiger partial charge in [0.2, 0.25) is 16.5 Å². The molecule has 4 aliphatic heterocycles. The van der Waals surface area contributed by atoms with E-state index in [9.17, 15) is 24.6 Å². The number of carbonyl (C=O) groups is 3. The van der Waals surface area contributed by atoms with Crippen molar-refractivity contribution in [3.8, 4) is 0 Å². The number of aromatic nitrogens is 8. The maximum atomic E-state index is 13.7. The van der Waals surface area contributed by atoms with Crippen LogP contribution >= 0.6 is 23.2 Å². The van der Waals surface area contributed by atoms with Gasteiger partial charge in [0.25, 0.3) is 5.91 Å². The molecule has 0 saturated carbocycles. The fraction of sp³-hybridized carbons (Fsp3) is 0.618. The number of nitrogens with one attached hydrogen (secondary N) is 4. The normalized spacial score (nSPS) is 26.7. The number of aliphatic hydroxyl groups excluding tert-OH is 2. The number of anilines is 2. The van der Waals surface area contributed by atoms with Gasteiger partial charge in [0.15, 0.2) is 46.3 Å². The van der Waals surface area contributed by atoms with Gasteiger partial charge >= 0.3 is 6.03 Å². The van der Waals surface area contributed by atoms with Crippen molar-refractivity contribution >= 4 is 75.0 Å². The number of rotatable bonds is 10. The largest absolute Gasteiger partial charge is 0.387 e. The van der Waals surface area contributed by atoms with Crippen molar-refractivity contribution in [2.75, 3.05) is 49.9 Å². The number of halogens is 2. The van der Waals surface area contributed by atoms with Gasteiger partial charge in [-0.05, 0) is 69.2 Å². The van der Waals surface area contributed by atoms with Crippen molar-refractivity contribution in [1.29, 1.82) is 0 Å². The Bertz CT molecular complexity index is 2150. The van der Waals surface area contributed by atoms with Crippen LogP contribution < -0.4 is 21.3 Å². The Balaban J connectivity index is 0.866. The SMILES string of the molecule is CCNC(=O)[C@@H]1CC[C@H](n2cnc3c(N[C@@H]4CCN(C(=O)N5CCC(Nc6nc(Cl)nc7c6ncn7[C@@H]6O[C@H](C(=O)NCC)[C@@H](O)[C@H]6O)CC5)C4)nc(Cl)nc32)O1. The number of imidazole rings is 2. The first-order valence-electron chi connectivity index (χ1n) is 19.1. The molecule has 0 bridgehead atoms. The van der Waals surface area contributed by atoms with Crippen LogP contribution in [0.5, 0.6) is 0 Å². The fourth-order valence-corrected chi connectivity index (χ4v) is 8.25. The highest BCUT2D eigenvalue weighted by atomic mass is 35.5. The molecule has 4 fully saturated rings. The molecule has 21 nitrogen and oxygen atoms in total. The molecule has 8 rings (SSSR count). The lowest BCUT2D eigenvalue weighted by molar-refractivity contribution is -0.137. The number of ether oxygens (including phenoxy) is 2. The van der Waals surface area contributed by atoms with Gasteiger partial charge in [-0.1, -0.05) is 0 Å². The van der Waals surface area contributed by atoms with Gasteiger partial charge in [0.1, 0.15) is 24.5 Å². The van der Waals surface area contributed by atoms with Crippen molar-refractivity contribution in [3.05, 3.63) is 23.2 Å². The molecule has 0 spiro atoms. The van der Waals surface area contributed by atoms with Crippen LogP contribution in [0.4, 0.5) is 16.4 Å². The highest BCUT2D eigenvalue weighted by Gasteiger charge is 2.48. The predicted octanol–water partition coefficient (Wildman–Crippen LogP) is 1.02. The van der Waals surface area contributed by atoms with Crippen LogP contribution in [0.1, 0.15) is 58.4 Å². The molecule has 0 aliphatic carbocycles. The molecule has 57 heavy (non-hydrogen) atoms. The molecule has 4 aromatic rings. The fourth-order valence-electron chi connectivity index (χ4n) is 7.92. The molecule has 306 valence electrons. The summed E-state index contributed by atoms with van der Waals surface area (Å²) in [5.74, 6) is 0.153. The molecular formula is C34H44Cl2N14O7. The molecule has 4 amide bonds. The first kappa shape index (κ1) is 39.2.